The van der Waals surface area contributed by atoms with Crippen molar-refractivity contribution in [2.75, 3.05) is 17.6 Å². The number of fused-ring (bicyclic) bond motifs is 2. The second kappa shape index (κ2) is 14.5. The molecule has 12 nitrogen and oxygen atoms in total. The molecule has 0 fully saturated rings. The molecule has 0 aliphatic heterocycles. The third-order valence-electron chi connectivity index (χ3n) is 7.76. The molecule has 0 aliphatic carbocycles. The molecule has 274 valence electrons. The number of hydrogen-bond acceptors (Lipinski definition) is 8. The number of sulfonamides is 1. The first kappa shape index (κ1) is 38.1. The zero-order valence-corrected chi connectivity index (χ0v) is 32.3. The first-order valence-corrected chi connectivity index (χ1v) is 22.2. The number of pyridine rings is 1. The van der Waals surface area contributed by atoms with Gasteiger partial charge < -0.3 is 14.8 Å². The van der Waals surface area contributed by atoms with Crippen molar-refractivity contribution in [2.24, 2.45) is 7.05 Å². The Kier molecular flexibility index (Phi) is 10.8. The van der Waals surface area contributed by atoms with E-state index in [1.165, 1.54) is 16.8 Å². The lowest BCUT2D eigenvalue weighted by atomic mass is 9.94. The number of nitrogens with one attached hydrogen (secondary N) is 2. The SMILES string of the molecule is Cn1nc(NS(C)(=O)=O)c2c(Cl)ccc(-c3cc4c(cnn4COCC[Si](C)(C)C)nc3C(Cc3cc(F)cc(F)c3)NC(=O)OC(C)(C)C)c21. The molecule has 2 aromatic carbocycles. The zero-order valence-electron chi connectivity index (χ0n) is 29.8. The molecule has 0 aliphatic rings. The van der Waals surface area contributed by atoms with Crippen LogP contribution in [0.4, 0.5) is 19.4 Å². The number of alkyl carbamates (subject to hydrolysis) is 1. The molecule has 2 N–H and O–H groups in total. The summed E-state index contributed by atoms with van der Waals surface area (Å²) in [4.78, 5) is 18.3. The van der Waals surface area contributed by atoms with Gasteiger partial charge in [-0.3, -0.25) is 9.40 Å². The number of aryl methyl sites for hydroxylation is 1. The van der Waals surface area contributed by atoms with Crippen LogP contribution < -0.4 is 10.0 Å². The van der Waals surface area contributed by atoms with Gasteiger partial charge in [-0.25, -0.2) is 31.7 Å². The number of carbonyl (C=O) groups is 1. The first-order valence-electron chi connectivity index (χ1n) is 16.2. The Morgan fingerprint density at radius 1 is 1.08 bits per heavy atom. The maximum absolute atomic E-state index is 14.4. The Morgan fingerprint density at radius 2 is 1.76 bits per heavy atom. The lowest BCUT2D eigenvalue weighted by molar-refractivity contribution is 0.0502. The zero-order chi connectivity index (χ0) is 37.5. The van der Waals surface area contributed by atoms with Gasteiger partial charge in [0.1, 0.15) is 29.5 Å². The number of aromatic nitrogens is 5. The van der Waals surface area contributed by atoms with E-state index in [2.05, 4.69) is 39.9 Å². The van der Waals surface area contributed by atoms with Crippen molar-refractivity contribution < 1.29 is 31.5 Å². The van der Waals surface area contributed by atoms with Crippen molar-refractivity contribution in [3.05, 3.63) is 70.5 Å². The van der Waals surface area contributed by atoms with E-state index >= 15 is 0 Å². The smallest absolute Gasteiger partial charge is 0.408 e. The normalized spacial score (nSPS) is 13.2. The fourth-order valence-electron chi connectivity index (χ4n) is 5.61. The first-order chi connectivity index (χ1) is 23.7. The van der Waals surface area contributed by atoms with Gasteiger partial charge in [0.2, 0.25) is 10.0 Å². The van der Waals surface area contributed by atoms with Crippen LogP contribution in [-0.4, -0.2) is 65.6 Å². The number of amides is 1. The Balaban J connectivity index is 1.74. The van der Waals surface area contributed by atoms with E-state index < -0.39 is 47.5 Å². The van der Waals surface area contributed by atoms with E-state index in [1.807, 2.05) is 6.07 Å². The van der Waals surface area contributed by atoms with Crippen molar-refractivity contribution in [1.82, 2.24) is 29.9 Å². The van der Waals surface area contributed by atoms with E-state index in [-0.39, 0.29) is 29.6 Å². The molecule has 1 atom stereocenters. The highest BCUT2D eigenvalue weighted by atomic mass is 35.5. The maximum atomic E-state index is 14.4. The van der Waals surface area contributed by atoms with Gasteiger partial charge in [0, 0.05) is 38.9 Å². The topological polar surface area (TPSA) is 142 Å². The molecule has 51 heavy (non-hydrogen) atoms. The van der Waals surface area contributed by atoms with Gasteiger partial charge in [0.25, 0.3) is 0 Å². The Labute approximate surface area is 301 Å². The molecule has 0 saturated heterocycles. The molecular weight excluding hydrogens is 720 g/mol. The number of anilines is 1. The summed E-state index contributed by atoms with van der Waals surface area (Å²) in [6.45, 7) is 12.7. The van der Waals surface area contributed by atoms with Crippen molar-refractivity contribution in [3.63, 3.8) is 0 Å². The monoisotopic (exact) mass is 761 g/mol. The minimum atomic E-state index is -3.73. The van der Waals surface area contributed by atoms with Crippen LogP contribution in [0, 0.1) is 11.6 Å². The van der Waals surface area contributed by atoms with Gasteiger partial charge in [-0.15, -0.1) is 0 Å². The van der Waals surface area contributed by atoms with Gasteiger partial charge in [-0.1, -0.05) is 37.3 Å². The molecule has 0 radical (unpaired) electrons. The summed E-state index contributed by atoms with van der Waals surface area (Å²) in [5.74, 6) is -1.53. The van der Waals surface area contributed by atoms with Gasteiger partial charge in [-0.05, 0) is 63.1 Å². The van der Waals surface area contributed by atoms with Crippen LogP contribution in [0.2, 0.25) is 30.7 Å². The van der Waals surface area contributed by atoms with Crippen LogP contribution in [0.3, 0.4) is 0 Å². The molecule has 0 bridgehead atoms. The number of carbonyl (C=O) groups excluding carboxylic acids is 1. The highest BCUT2D eigenvalue weighted by Gasteiger charge is 2.28. The molecule has 1 unspecified atom stereocenters. The average Bonchev–Trinajstić information content (AvgIpc) is 3.51. The Hall–Kier alpha value is -4.12. The van der Waals surface area contributed by atoms with Crippen LogP contribution in [0.5, 0.6) is 0 Å². The average molecular weight is 762 g/mol. The summed E-state index contributed by atoms with van der Waals surface area (Å²) >= 11 is 6.66. The molecule has 17 heteroatoms. The van der Waals surface area contributed by atoms with Crippen LogP contribution in [-0.2, 0) is 39.7 Å². The third-order valence-corrected chi connectivity index (χ3v) is 10.3. The van der Waals surface area contributed by atoms with Crippen molar-refractivity contribution in [3.8, 4) is 11.1 Å². The summed E-state index contributed by atoms with van der Waals surface area (Å²) < 4.78 is 70.6. The minimum Gasteiger partial charge on any atom is -0.444 e. The highest BCUT2D eigenvalue weighted by molar-refractivity contribution is 7.92. The van der Waals surface area contributed by atoms with Crippen LogP contribution >= 0.6 is 11.6 Å². The number of nitrogens with zero attached hydrogens (tertiary/aromatic N) is 5. The number of halogens is 3. The van der Waals surface area contributed by atoms with Crippen LogP contribution in [0.1, 0.15) is 38.1 Å². The van der Waals surface area contributed by atoms with Gasteiger partial charge in [-0.2, -0.15) is 10.2 Å². The van der Waals surface area contributed by atoms with Gasteiger partial charge in [0.05, 0.1) is 45.6 Å². The predicted octanol–water partition coefficient (Wildman–Crippen LogP) is 7.41. The summed E-state index contributed by atoms with van der Waals surface area (Å²) in [6, 6.07) is 8.30. The quantitative estimate of drug-likeness (QED) is 0.0989. The predicted molar refractivity (Wildman–Crippen MR) is 197 cm³/mol. The number of hydrogen-bond donors (Lipinski definition) is 2. The number of rotatable bonds is 12. The molecule has 3 heterocycles. The van der Waals surface area contributed by atoms with Gasteiger partial charge in [0.15, 0.2) is 5.82 Å². The minimum absolute atomic E-state index is 0.0249. The lowest BCUT2D eigenvalue weighted by Gasteiger charge is -2.25. The second-order valence-corrected chi connectivity index (χ2v) is 22.4. The summed E-state index contributed by atoms with van der Waals surface area (Å²) in [6.07, 6.45) is 1.74. The van der Waals surface area contributed by atoms with Crippen molar-refractivity contribution in [1.29, 1.82) is 0 Å². The van der Waals surface area contributed by atoms with E-state index in [4.69, 9.17) is 26.1 Å². The standard InChI is InChI=1S/C34H42ClF2N7O5SSi/c1-34(2,3)49-33(45)40-26(15-20-13-21(36)16-22(37)14-20)30-24(17-28-27(39-30)18-38-44(28)19-48-11-12-51(6,7)8)23-9-10-25(35)29-31(23)43(4)41-32(29)42-50(5,46)47/h9-10,13-14,16-18,26H,11-12,15,19H2,1-8H3,(H,40,45)(H,41,42). The summed E-state index contributed by atoms with van der Waals surface area (Å²) in [5.41, 5.74) is 2.28. The van der Waals surface area contributed by atoms with Crippen molar-refractivity contribution in [2.45, 2.75) is 71.3 Å². The van der Waals surface area contributed by atoms with E-state index in [0.717, 1.165) is 18.4 Å². The molecule has 3 aromatic heterocycles. The molecule has 0 spiro atoms. The summed E-state index contributed by atoms with van der Waals surface area (Å²) in [5, 5.41) is 12.4. The van der Waals surface area contributed by atoms with E-state index in [0.29, 0.717) is 45.4 Å². The van der Waals surface area contributed by atoms with Crippen LogP contribution in [0.25, 0.3) is 33.1 Å². The maximum Gasteiger partial charge on any atom is 0.408 e. The highest BCUT2D eigenvalue weighted by Crippen LogP contribution is 2.41. The van der Waals surface area contributed by atoms with Crippen molar-refractivity contribution >= 4 is 63.5 Å². The Bertz CT molecular complexity index is 2190. The molecular formula is C34H42ClF2N7O5SSi. The third kappa shape index (κ3) is 9.61. The van der Waals surface area contributed by atoms with E-state index in [9.17, 15) is 22.0 Å². The molecule has 0 saturated carbocycles. The molecule has 5 rings (SSSR count). The molecule has 1 amide bonds. The van der Waals surface area contributed by atoms with E-state index in [1.54, 1.807) is 50.8 Å². The number of ether oxygens (including phenoxy) is 2. The summed E-state index contributed by atoms with van der Waals surface area (Å²) in [7, 11) is -3.43. The number of benzene rings is 2. The van der Waals surface area contributed by atoms with Gasteiger partial charge >= 0.3 is 6.09 Å². The fourth-order valence-corrected chi connectivity index (χ4v) is 7.10. The van der Waals surface area contributed by atoms with Crippen LogP contribution in [0.15, 0.2) is 42.6 Å². The molecule has 5 aromatic rings. The Morgan fingerprint density at radius 3 is 2.39 bits per heavy atom. The lowest BCUT2D eigenvalue weighted by Crippen LogP contribution is -2.36. The largest absolute Gasteiger partial charge is 0.444 e. The second-order valence-electron chi connectivity index (χ2n) is 14.7. The fraction of sp³-hybridized carbons (Fsp3) is 0.412.